The van der Waals surface area contributed by atoms with Crippen LogP contribution in [0.1, 0.15) is 17.5 Å². The van der Waals surface area contributed by atoms with E-state index >= 15 is 0 Å². The van der Waals surface area contributed by atoms with Crippen molar-refractivity contribution in [3.8, 4) is 0 Å². The number of amides is 2. The molecular weight excluding hydrogens is 347 g/mol. The Bertz CT molecular complexity index is 809. The molecule has 2 heterocycles. The number of hydrogen-bond donors (Lipinski definition) is 1. The molecule has 2 amide bonds. The van der Waals surface area contributed by atoms with Gasteiger partial charge in [-0.15, -0.1) is 0 Å². The van der Waals surface area contributed by atoms with Crippen molar-refractivity contribution in [1.29, 1.82) is 0 Å². The normalized spacial score (nSPS) is 17.4. The molecule has 1 unspecified atom stereocenters. The fourth-order valence-corrected chi connectivity index (χ4v) is 2.83. The molecule has 1 aromatic carbocycles. The maximum atomic E-state index is 12.7. The number of hydrogen-bond acceptors (Lipinski definition) is 3. The molecule has 0 radical (unpaired) electrons. The van der Waals surface area contributed by atoms with Crippen LogP contribution < -0.4 is 5.32 Å². The lowest BCUT2D eigenvalue weighted by Crippen LogP contribution is -2.28. The number of halogens is 3. The summed E-state index contributed by atoms with van der Waals surface area (Å²) in [4.78, 5) is 30.0. The Morgan fingerprint density at radius 1 is 1.27 bits per heavy atom. The van der Waals surface area contributed by atoms with E-state index in [9.17, 15) is 22.8 Å². The highest BCUT2D eigenvalue weighted by atomic mass is 19.4. The first kappa shape index (κ1) is 17.9. The average Bonchev–Trinajstić information content (AvgIpc) is 2.96. The molecule has 1 aliphatic rings. The molecular formula is C18H16F3N3O2. The second-order valence-corrected chi connectivity index (χ2v) is 6.10. The average molecular weight is 363 g/mol. The van der Waals surface area contributed by atoms with E-state index in [1.54, 1.807) is 23.4 Å². The van der Waals surface area contributed by atoms with Crippen LogP contribution in [-0.2, 0) is 22.3 Å². The molecule has 1 atom stereocenters. The van der Waals surface area contributed by atoms with Crippen molar-refractivity contribution >= 4 is 17.5 Å². The van der Waals surface area contributed by atoms with E-state index in [1.807, 2.05) is 6.07 Å². The largest absolute Gasteiger partial charge is 0.416 e. The molecule has 0 saturated carbocycles. The van der Waals surface area contributed by atoms with Gasteiger partial charge in [0.2, 0.25) is 11.8 Å². The van der Waals surface area contributed by atoms with E-state index in [-0.39, 0.29) is 24.6 Å². The number of likely N-dealkylation sites (tertiary alicyclic amines) is 1. The zero-order valence-electron chi connectivity index (χ0n) is 13.7. The van der Waals surface area contributed by atoms with E-state index in [0.29, 0.717) is 6.54 Å². The van der Waals surface area contributed by atoms with Crippen LogP contribution >= 0.6 is 0 Å². The number of rotatable bonds is 4. The van der Waals surface area contributed by atoms with Gasteiger partial charge in [-0.2, -0.15) is 13.2 Å². The van der Waals surface area contributed by atoms with E-state index < -0.39 is 23.6 Å². The summed E-state index contributed by atoms with van der Waals surface area (Å²) < 4.78 is 38.2. The highest BCUT2D eigenvalue weighted by Crippen LogP contribution is 2.31. The van der Waals surface area contributed by atoms with Crippen LogP contribution in [0.25, 0.3) is 0 Å². The maximum Gasteiger partial charge on any atom is 0.416 e. The minimum Gasteiger partial charge on any atom is -0.337 e. The standard InChI is InChI=1S/C18H16F3N3O2/c19-18(20,21)14-4-1-5-15(8-14)23-17(26)13-7-16(25)24(11-13)10-12-3-2-6-22-9-12/h1-6,8-9,13H,7,10-11H2,(H,23,26). The van der Waals surface area contributed by atoms with Crippen LogP contribution in [0.15, 0.2) is 48.8 Å². The van der Waals surface area contributed by atoms with E-state index in [2.05, 4.69) is 10.3 Å². The van der Waals surface area contributed by atoms with Crippen molar-refractivity contribution in [3.63, 3.8) is 0 Å². The van der Waals surface area contributed by atoms with Gasteiger partial charge in [0.05, 0.1) is 11.5 Å². The number of benzene rings is 1. The van der Waals surface area contributed by atoms with E-state index in [1.165, 1.54) is 12.1 Å². The molecule has 1 saturated heterocycles. The van der Waals surface area contributed by atoms with Crippen molar-refractivity contribution in [2.24, 2.45) is 5.92 Å². The summed E-state index contributed by atoms with van der Waals surface area (Å²) >= 11 is 0. The van der Waals surface area contributed by atoms with Crippen LogP contribution in [0.3, 0.4) is 0 Å². The van der Waals surface area contributed by atoms with Crippen molar-refractivity contribution in [2.75, 3.05) is 11.9 Å². The molecule has 1 fully saturated rings. The molecule has 0 spiro atoms. The second kappa shape index (κ2) is 7.15. The van der Waals surface area contributed by atoms with Crippen LogP contribution in [0, 0.1) is 5.92 Å². The minimum atomic E-state index is -4.48. The number of carbonyl (C=O) groups excluding carboxylic acids is 2. The number of aromatic nitrogens is 1. The first-order chi connectivity index (χ1) is 12.3. The molecule has 1 N–H and O–H groups in total. The molecule has 8 heteroatoms. The predicted octanol–water partition coefficient (Wildman–Crippen LogP) is 3.09. The first-order valence-corrected chi connectivity index (χ1v) is 7.98. The van der Waals surface area contributed by atoms with Gasteiger partial charge in [0.25, 0.3) is 0 Å². The zero-order valence-corrected chi connectivity index (χ0v) is 13.7. The van der Waals surface area contributed by atoms with Crippen molar-refractivity contribution in [1.82, 2.24) is 9.88 Å². The zero-order chi connectivity index (χ0) is 18.7. The Morgan fingerprint density at radius 3 is 2.77 bits per heavy atom. The summed E-state index contributed by atoms with van der Waals surface area (Å²) in [5.74, 6) is -1.24. The van der Waals surface area contributed by atoms with Gasteiger partial charge in [-0.25, -0.2) is 0 Å². The van der Waals surface area contributed by atoms with Crippen LogP contribution in [0.4, 0.5) is 18.9 Å². The van der Waals surface area contributed by atoms with Crippen molar-refractivity contribution in [3.05, 3.63) is 59.9 Å². The number of anilines is 1. The van der Waals surface area contributed by atoms with Gasteiger partial charge in [0, 0.05) is 37.6 Å². The summed E-state index contributed by atoms with van der Waals surface area (Å²) in [5.41, 5.74) is 0.0683. The molecule has 2 aromatic rings. The number of nitrogens with zero attached hydrogens (tertiary/aromatic N) is 2. The first-order valence-electron chi connectivity index (χ1n) is 7.98. The van der Waals surface area contributed by atoms with Crippen LogP contribution in [0.2, 0.25) is 0 Å². The molecule has 3 rings (SSSR count). The Hall–Kier alpha value is -2.90. The van der Waals surface area contributed by atoms with Gasteiger partial charge in [0.1, 0.15) is 0 Å². The summed E-state index contributed by atoms with van der Waals surface area (Å²) in [7, 11) is 0. The predicted molar refractivity (Wildman–Crippen MR) is 87.8 cm³/mol. The highest BCUT2D eigenvalue weighted by molar-refractivity contribution is 5.97. The monoisotopic (exact) mass is 363 g/mol. The topological polar surface area (TPSA) is 62.3 Å². The Kier molecular flexibility index (Phi) is 4.92. The summed E-state index contributed by atoms with van der Waals surface area (Å²) in [6.45, 7) is 0.568. The van der Waals surface area contributed by atoms with Crippen LogP contribution in [-0.4, -0.2) is 28.2 Å². The molecule has 1 aliphatic heterocycles. The summed E-state index contributed by atoms with van der Waals surface area (Å²) in [6, 6.07) is 8.01. The third kappa shape index (κ3) is 4.19. The smallest absolute Gasteiger partial charge is 0.337 e. The molecule has 26 heavy (non-hydrogen) atoms. The number of alkyl halides is 3. The molecule has 136 valence electrons. The fourth-order valence-electron chi connectivity index (χ4n) is 2.83. The van der Waals surface area contributed by atoms with Gasteiger partial charge in [-0.3, -0.25) is 14.6 Å². The molecule has 0 bridgehead atoms. The highest BCUT2D eigenvalue weighted by Gasteiger charge is 2.35. The Balaban J connectivity index is 1.63. The summed E-state index contributed by atoms with van der Waals surface area (Å²) in [6.07, 6.45) is -1.18. The minimum absolute atomic E-state index is 0.0328. The Morgan fingerprint density at radius 2 is 2.08 bits per heavy atom. The molecule has 1 aromatic heterocycles. The lowest BCUT2D eigenvalue weighted by atomic mass is 10.1. The van der Waals surface area contributed by atoms with Gasteiger partial charge in [-0.05, 0) is 29.8 Å². The van der Waals surface area contributed by atoms with Crippen molar-refractivity contribution in [2.45, 2.75) is 19.1 Å². The van der Waals surface area contributed by atoms with Gasteiger partial charge in [0.15, 0.2) is 0 Å². The number of nitrogens with one attached hydrogen (secondary N) is 1. The van der Waals surface area contributed by atoms with Gasteiger partial charge < -0.3 is 10.2 Å². The lowest BCUT2D eigenvalue weighted by molar-refractivity contribution is -0.137. The van der Waals surface area contributed by atoms with E-state index in [4.69, 9.17) is 0 Å². The quantitative estimate of drug-likeness (QED) is 0.908. The Labute approximate surface area is 147 Å². The maximum absolute atomic E-state index is 12.7. The second-order valence-electron chi connectivity index (χ2n) is 6.10. The lowest BCUT2D eigenvalue weighted by Gasteiger charge is -2.16. The SMILES string of the molecule is O=C(Nc1cccc(C(F)(F)F)c1)C1CC(=O)N(Cc2cccnc2)C1. The summed E-state index contributed by atoms with van der Waals surface area (Å²) in [5, 5.41) is 2.47. The van der Waals surface area contributed by atoms with E-state index in [0.717, 1.165) is 17.7 Å². The van der Waals surface area contributed by atoms with Crippen LogP contribution in [0.5, 0.6) is 0 Å². The number of carbonyl (C=O) groups is 2. The third-order valence-corrected chi connectivity index (χ3v) is 4.14. The van der Waals surface area contributed by atoms with Crippen molar-refractivity contribution < 1.29 is 22.8 Å². The van der Waals surface area contributed by atoms with Gasteiger partial charge >= 0.3 is 6.18 Å². The molecule has 5 nitrogen and oxygen atoms in total. The fraction of sp³-hybridized carbons (Fsp3) is 0.278. The number of pyridine rings is 1. The molecule has 0 aliphatic carbocycles. The third-order valence-electron chi connectivity index (χ3n) is 4.14. The van der Waals surface area contributed by atoms with Gasteiger partial charge in [-0.1, -0.05) is 12.1 Å².